The van der Waals surface area contributed by atoms with Crippen molar-refractivity contribution < 1.29 is 18.0 Å². The summed E-state index contributed by atoms with van der Waals surface area (Å²) in [5, 5.41) is 5.57. The minimum Gasteiger partial charge on any atom is -0.340 e. The monoisotopic (exact) mass is 504 g/mol. The van der Waals surface area contributed by atoms with Crippen LogP contribution in [0.4, 0.5) is 0 Å². The van der Waals surface area contributed by atoms with Crippen LogP contribution in [0, 0.1) is 11.8 Å². The molecule has 2 amide bonds. The highest BCUT2D eigenvalue weighted by Gasteiger charge is 2.41. The van der Waals surface area contributed by atoms with Gasteiger partial charge in [-0.1, -0.05) is 23.7 Å². The first-order chi connectivity index (χ1) is 16.2. The molecule has 10 heteroatoms. The Bertz CT molecular complexity index is 1220. The van der Waals surface area contributed by atoms with E-state index in [1.165, 1.54) is 11.0 Å². The summed E-state index contributed by atoms with van der Waals surface area (Å²) >= 11 is 6.01. The summed E-state index contributed by atoms with van der Waals surface area (Å²) in [6.07, 6.45) is 1.47. The van der Waals surface area contributed by atoms with Gasteiger partial charge in [0.15, 0.2) is 0 Å². The van der Waals surface area contributed by atoms with Gasteiger partial charge in [-0.25, -0.2) is 8.42 Å². The van der Waals surface area contributed by atoms with Crippen molar-refractivity contribution in [3.63, 3.8) is 0 Å². The molecule has 0 radical (unpaired) electrons. The molecule has 0 spiro atoms. The van der Waals surface area contributed by atoms with Crippen LogP contribution in [-0.2, 0) is 19.6 Å². The van der Waals surface area contributed by atoms with Crippen LogP contribution in [0.1, 0.15) is 19.8 Å². The smallest absolute Gasteiger partial charge is 0.245 e. The van der Waals surface area contributed by atoms with Crippen LogP contribution in [-0.4, -0.2) is 74.8 Å². The largest absolute Gasteiger partial charge is 0.340 e. The van der Waals surface area contributed by atoms with E-state index < -0.39 is 22.1 Å². The van der Waals surface area contributed by atoms with Crippen molar-refractivity contribution in [3.05, 3.63) is 41.4 Å². The van der Waals surface area contributed by atoms with Gasteiger partial charge in [0.25, 0.3) is 0 Å². The molecule has 3 saturated heterocycles. The predicted octanol–water partition coefficient (Wildman–Crippen LogP) is 1.83. The quantitative estimate of drug-likeness (QED) is 0.647. The number of carbonyl (C=O) groups is 2. The summed E-state index contributed by atoms with van der Waals surface area (Å²) in [6, 6.07) is 8.51. The lowest BCUT2D eigenvalue weighted by atomic mass is 9.85. The normalized spacial score (nSPS) is 26.2. The summed E-state index contributed by atoms with van der Waals surface area (Å²) in [7, 11) is -3.91. The van der Waals surface area contributed by atoms with Crippen molar-refractivity contribution in [2.24, 2.45) is 11.8 Å². The number of hydrogen-bond acceptors (Lipinski definition) is 5. The van der Waals surface area contributed by atoms with Gasteiger partial charge in [0.2, 0.25) is 21.8 Å². The second-order valence-electron chi connectivity index (χ2n) is 9.69. The lowest BCUT2D eigenvalue weighted by Gasteiger charge is -2.43. The van der Waals surface area contributed by atoms with Crippen molar-refractivity contribution in [2.45, 2.75) is 36.7 Å². The maximum Gasteiger partial charge on any atom is 0.245 e. The molecule has 3 aliphatic rings. The van der Waals surface area contributed by atoms with E-state index in [2.05, 4.69) is 10.0 Å². The van der Waals surface area contributed by atoms with Crippen LogP contribution >= 0.6 is 11.6 Å². The van der Waals surface area contributed by atoms with Crippen LogP contribution in [0.2, 0.25) is 5.02 Å². The Balaban J connectivity index is 1.26. The van der Waals surface area contributed by atoms with Crippen LogP contribution in [0.5, 0.6) is 0 Å². The summed E-state index contributed by atoms with van der Waals surface area (Å²) in [5.41, 5.74) is 0. The first-order valence-corrected chi connectivity index (χ1v) is 13.6. The van der Waals surface area contributed by atoms with Crippen LogP contribution in [0.3, 0.4) is 0 Å². The molecule has 3 heterocycles. The number of fused-ring (bicyclic) bond motifs is 3. The Labute approximate surface area is 204 Å². The second-order valence-corrected chi connectivity index (χ2v) is 11.8. The van der Waals surface area contributed by atoms with Crippen molar-refractivity contribution in [2.75, 3.05) is 32.7 Å². The zero-order valence-corrected chi connectivity index (χ0v) is 20.6. The van der Waals surface area contributed by atoms with Gasteiger partial charge >= 0.3 is 0 Å². The van der Waals surface area contributed by atoms with Crippen LogP contribution in [0.15, 0.2) is 41.3 Å². The van der Waals surface area contributed by atoms with Crippen molar-refractivity contribution in [1.82, 2.24) is 19.8 Å². The standard InChI is InChI=1S/C24H29ClN4O4S/c1-15(23(30)28-13-16-8-17(14-28)12-26-11-16)29-7-6-22(24(29)31)27-34(32,33)21-5-3-18-9-20(25)4-2-19(18)10-21/h2-5,9-10,15-17,22,26-27H,6-8,11-14H2,1H3/t15-,16?,17?,22+/m0/s1. The average Bonchev–Trinajstić information content (AvgIpc) is 3.16. The molecule has 34 heavy (non-hydrogen) atoms. The van der Waals surface area contributed by atoms with E-state index in [4.69, 9.17) is 11.6 Å². The van der Waals surface area contributed by atoms with Gasteiger partial charge in [0.05, 0.1) is 4.90 Å². The highest BCUT2D eigenvalue weighted by molar-refractivity contribution is 7.89. The number of nitrogens with zero attached hydrogens (tertiary/aromatic N) is 2. The van der Waals surface area contributed by atoms with E-state index in [0.717, 1.165) is 30.3 Å². The molecule has 2 bridgehead atoms. The van der Waals surface area contributed by atoms with Crippen LogP contribution in [0.25, 0.3) is 10.8 Å². The van der Waals surface area contributed by atoms with Crippen LogP contribution < -0.4 is 10.0 Å². The molecule has 2 aromatic rings. The number of halogens is 1. The van der Waals surface area contributed by atoms with Gasteiger partial charge in [-0.3, -0.25) is 9.59 Å². The van der Waals surface area contributed by atoms with E-state index in [0.29, 0.717) is 42.9 Å². The zero-order valence-electron chi connectivity index (χ0n) is 19.0. The van der Waals surface area contributed by atoms with E-state index in [1.54, 1.807) is 37.3 Å². The minimum absolute atomic E-state index is 0.0540. The number of carbonyl (C=O) groups excluding carboxylic acids is 2. The third-order valence-corrected chi connectivity index (χ3v) is 8.95. The van der Waals surface area contributed by atoms with Gasteiger partial charge in [0, 0.05) is 24.7 Å². The molecule has 3 aliphatic heterocycles. The topological polar surface area (TPSA) is 98.8 Å². The van der Waals surface area contributed by atoms with E-state index in [9.17, 15) is 18.0 Å². The third kappa shape index (κ3) is 4.54. The van der Waals surface area contributed by atoms with Gasteiger partial charge in [-0.2, -0.15) is 4.72 Å². The Morgan fingerprint density at radius 1 is 1.12 bits per heavy atom. The number of piperidine rings is 2. The predicted molar refractivity (Wildman–Crippen MR) is 130 cm³/mol. The van der Waals surface area contributed by atoms with Crippen molar-refractivity contribution in [1.29, 1.82) is 0 Å². The number of hydrogen-bond donors (Lipinski definition) is 2. The Kier molecular flexibility index (Phi) is 6.31. The van der Waals surface area contributed by atoms with Gasteiger partial charge in [-0.05, 0) is 79.7 Å². The van der Waals surface area contributed by atoms with Crippen molar-refractivity contribution >= 4 is 44.2 Å². The van der Waals surface area contributed by atoms with Gasteiger partial charge in [0.1, 0.15) is 12.1 Å². The lowest BCUT2D eigenvalue weighted by Crippen LogP contribution is -2.57. The maximum absolute atomic E-state index is 13.2. The number of rotatable bonds is 5. The number of sulfonamides is 1. The molecule has 3 fully saturated rings. The molecule has 0 aromatic heterocycles. The molecular formula is C24H29ClN4O4S. The molecule has 2 N–H and O–H groups in total. The van der Waals surface area contributed by atoms with E-state index >= 15 is 0 Å². The first kappa shape index (κ1) is 23.5. The molecule has 0 saturated carbocycles. The summed E-state index contributed by atoms with van der Waals surface area (Å²) in [4.78, 5) is 29.8. The number of nitrogens with one attached hydrogen (secondary N) is 2. The van der Waals surface area contributed by atoms with Crippen molar-refractivity contribution in [3.8, 4) is 0 Å². The maximum atomic E-state index is 13.2. The second kappa shape index (κ2) is 9.11. The molecule has 0 aliphatic carbocycles. The molecule has 5 rings (SSSR count). The summed E-state index contributed by atoms with van der Waals surface area (Å²) < 4.78 is 28.6. The number of amides is 2. The van der Waals surface area contributed by atoms with E-state index in [1.807, 2.05) is 4.90 Å². The Morgan fingerprint density at radius 3 is 2.53 bits per heavy atom. The fourth-order valence-corrected chi connectivity index (χ4v) is 6.94. The zero-order chi connectivity index (χ0) is 24.0. The molecule has 8 nitrogen and oxygen atoms in total. The SMILES string of the molecule is C[C@@H](C(=O)N1CC2CNCC(C2)C1)N1CC[C@@H](NS(=O)(=O)c2ccc3cc(Cl)ccc3c2)C1=O. The first-order valence-electron chi connectivity index (χ1n) is 11.7. The number of benzene rings is 2. The lowest BCUT2D eigenvalue weighted by molar-refractivity contribution is -0.145. The average molecular weight is 505 g/mol. The molecule has 4 atom stereocenters. The minimum atomic E-state index is -3.91. The number of likely N-dealkylation sites (tertiary alicyclic amines) is 2. The molecule has 182 valence electrons. The molecular weight excluding hydrogens is 476 g/mol. The third-order valence-electron chi connectivity index (χ3n) is 7.25. The highest BCUT2D eigenvalue weighted by Crippen LogP contribution is 2.27. The van der Waals surface area contributed by atoms with E-state index in [-0.39, 0.29) is 16.7 Å². The Hall–Kier alpha value is -2.20. The fourth-order valence-electron chi connectivity index (χ4n) is 5.50. The fraction of sp³-hybridized carbons (Fsp3) is 0.500. The highest BCUT2D eigenvalue weighted by atomic mass is 35.5. The van der Waals surface area contributed by atoms with Gasteiger partial charge < -0.3 is 15.1 Å². The molecule has 2 aromatic carbocycles. The molecule has 2 unspecified atom stereocenters. The Morgan fingerprint density at radius 2 is 1.79 bits per heavy atom. The summed E-state index contributed by atoms with van der Waals surface area (Å²) in [5.74, 6) is 0.503. The van der Waals surface area contributed by atoms with Gasteiger partial charge in [-0.15, -0.1) is 0 Å². The summed E-state index contributed by atoms with van der Waals surface area (Å²) in [6.45, 7) is 5.34.